The molecular formula is C17H17BrO2. The lowest BCUT2D eigenvalue weighted by molar-refractivity contribution is -0.0151. The highest BCUT2D eigenvalue weighted by Crippen LogP contribution is 2.42. The molecule has 0 amide bonds. The molecule has 2 aromatic carbocycles. The van der Waals surface area contributed by atoms with Gasteiger partial charge in [-0.2, -0.15) is 0 Å². The normalized spacial score (nSPS) is 21.3. The Morgan fingerprint density at radius 2 is 1.95 bits per heavy atom. The Morgan fingerprint density at radius 3 is 2.65 bits per heavy atom. The summed E-state index contributed by atoms with van der Waals surface area (Å²) in [6.45, 7) is 0. The third-order valence-electron chi connectivity index (χ3n) is 3.74. The summed E-state index contributed by atoms with van der Waals surface area (Å²) in [5.74, 6) is 0.915. The second kappa shape index (κ2) is 5.98. The van der Waals surface area contributed by atoms with Crippen LogP contribution < -0.4 is 4.74 Å². The van der Waals surface area contributed by atoms with Crippen molar-refractivity contribution in [2.75, 3.05) is 12.4 Å². The second-order valence-corrected chi connectivity index (χ2v) is 5.56. The Labute approximate surface area is 127 Å². The van der Waals surface area contributed by atoms with E-state index in [2.05, 4.69) is 52.3 Å². The van der Waals surface area contributed by atoms with Crippen LogP contribution in [0.4, 0.5) is 0 Å². The number of ether oxygens (including phenoxy) is 2. The van der Waals surface area contributed by atoms with E-state index in [4.69, 9.17) is 9.47 Å². The van der Waals surface area contributed by atoms with E-state index in [0.717, 1.165) is 17.5 Å². The molecule has 3 heteroatoms. The van der Waals surface area contributed by atoms with E-state index >= 15 is 0 Å². The average molecular weight is 333 g/mol. The van der Waals surface area contributed by atoms with Crippen molar-refractivity contribution in [2.45, 2.75) is 18.6 Å². The Balaban J connectivity index is 1.99. The van der Waals surface area contributed by atoms with Gasteiger partial charge in [0.15, 0.2) is 0 Å². The van der Waals surface area contributed by atoms with Crippen LogP contribution in [0.1, 0.15) is 28.9 Å². The molecule has 2 nitrogen and oxygen atoms in total. The van der Waals surface area contributed by atoms with Crippen LogP contribution in [-0.2, 0) is 11.2 Å². The lowest BCUT2D eigenvalue weighted by Crippen LogP contribution is -2.22. The third kappa shape index (κ3) is 2.48. The fourth-order valence-electron chi connectivity index (χ4n) is 2.80. The maximum Gasteiger partial charge on any atom is 0.124 e. The standard InChI is InChI=1S/C17H17BrO2/c1-19-14-9-5-8-13-10-15(12-6-3-2-4-7-12)20-16(11-18)17(13)14/h2-9,15-16H,10-11H2,1H3. The van der Waals surface area contributed by atoms with E-state index < -0.39 is 0 Å². The second-order valence-electron chi connectivity index (χ2n) is 4.92. The first-order valence-corrected chi connectivity index (χ1v) is 7.87. The number of hydrogen-bond donors (Lipinski definition) is 0. The van der Waals surface area contributed by atoms with Crippen LogP contribution >= 0.6 is 15.9 Å². The van der Waals surface area contributed by atoms with Crippen LogP contribution in [0, 0.1) is 0 Å². The van der Waals surface area contributed by atoms with Crippen LogP contribution in [0.25, 0.3) is 0 Å². The van der Waals surface area contributed by atoms with E-state index in [1.54, 1.807) is 7.11 Å². The predicted molar refractivity (Wildman–Crippen MR) is 83.5 cm³/mol. The Hall–Kier alpha value is -1.32. The number of alkyl halides is 1. The van der Waals surface area contributed by atoms with Gasteiger partial charge in [-0.05, 0) is 17.2 Å². The third-order valence-corrected chi connectivity index (χ3v) is 4.33. The van der Waals surface area contributed by atoms with Crippen molar-refractivity contribution in [1.29, 1.82) is 0 Å². The molecule has 1 aliphatic rings. The quantitative estimate of drug-likeness (QED) is 0.773. The zero-order valence-corrected chi connectivity index (χ0v) is 13.0. The number of halogens is 1. The number of hydrogen-bond acceptors (Lipinski definition) is 2. The summed E-state index contributed by atoms with van der Waals surface area (Å²) in [5, 5.41) is 0.768. The summed E-state index contributed by atoms with van der Waals surface area (Å²) < 4.78 is 11.7. The molecule has 0 aliphatic carbocycles. The fourth-order valence-corrected chi connectivity index (χ4v) is 3.28. The molecule has 0 fully saturated rings. The largest absolute Gasteiger partial charge is 0.496 e. The molecule has 1 heterocycles. The molecule has 0 spiro atoms. The summed E-state index contributed by atoms with van der Waals surface area (Å²) in [5.41, 5.74) is 3.72. The summed E-state index contributed by atoms with van der Waals surface area (Å²) in [7, 11) is 1.71. The fraction of sp³-hybridized carbons (Fsp3) is 0.294. The van der Waals surface area contributed by atoms with Gasteiger partial charge in [0.25, 0.3) is 0 Å². The molecule has 3 rings (SSSR count). The molecule has 20 heavy (non-hydrogen) atoms. The van der Waals surface area contributed by atoms with E-state index in [-0.39, 0.29) is 12.2 Å². The highest BCUT2D eigenvalue weighted by atomic mass is 79.9. The van der Waals surface area contributed by atoms with Crippen LogP contribution in [0.3, 0.4) is 0 Å². The lowest BCUT2D eigenvalue weighted by atomic mass is 9.91. The Morgan fingerprint density at radius 1 is 1.15 bits per heavy atom. The zero-order chi connectivity index (χ0) is 13.9. The van der Waals surface area contributed by atoms with Gasteiger partial charge < -0.3 is 9.47 Å². The van der Waals surface area contributed by atoms with E-state index in [9.17, 15) is 0 Å². The minimum atomic E-state index is 0.0279. The van der Waals surface area contributed by atoms with Crippen molar-refractivity contribution < 1.29 is 9.47 Å². The van der Waals surface area contributed by atoms with Crippen LogP contribution in [0.5, 0.6) is 5.75 Å². The smallest absolute Gasteiger partial charge is 0.124 e. The Kier molecular flexibility index (Phi) is 4.08. The van der Waals surface area contributed by atoms with Crippen molar-refractivity contribution in [1.82, 2.24) is 0 Å². The molecule has 0 saturated carbocycles. The minimum Gasteiger partial charge on any atom is -0.496 e. The first-order valence-electron chi connectivity index (χ1n) is 6.75. The molecule has 0 radical (unpaired) electrons. The van der Waals surface area contributed by atoms with Gasteiger partial charge in [0.2, 0.25) is 0 Å². The van der Waals surface area contributed by atoms with E-state index in [0.29, 0.717) is 0 Å². The summed E-state index contributed by atoms with van der Waals surface area (Å²) in [4.78, 5) is 0. The topological polar surface area (TPSA) is 18.5 Å². The number of fused-ring (bicyclic) bond motifs is 1. The lowest BCUT2D eigenvalue weighted by Gasteiger charge is -2.32. The number of methoxy groups -OCH3 is 1. The van der Waals surface area contributed by atoms with Crippen molar-refractivity contribution in [3.8, 4) is 5.75 Å². The van der Waals surface area contributed by atoms with Gasteiger partial charge in [0.1, 0.15) is 5.75 Å². The van der Waals surface area contributed by atoms with Gasteiger partial charge in [-0.1, -0.05) is 58.4 Å². The van der Waals surface area contributed by atoms with E-state index in [1.807, 2.05) is 12.1 Å². The van der Waals surface area contributed by atoms with Crippen molar-refractivity contribution >= 4 is 15.9 Å². The summed E-state index contributed by atoms with van der Waals surface area (Å²) >= 11 is 3.56. The molecule has 2 aromatic rings. The number of benzene rings is 2. The number of rotatable bonds is 3. The van der Waals surface area contributed by atoms with Crippen LogP contribution in [0.2, 0.25) is 0 Å². The summed E-state index contributed by atoms with van der Waals surface area (Å²) in [6, 6.07) is 16.6. The molecule has 2 unspecified atom stereocenters. The molecule has 0 saturated heterocycles. The molecular weight excluding hydrogens is 316 g/mol. The summed E-state index contributed by atoms with van der Waals surface area (Å²) in [6.07, 6.45) is 1.03. The van der Waals surface area contributed by atoms with Crippen molar-refractivity contribution in [3.05, 3.63) is 65.2 Å². The molecule has 0 aromatic heterocycles. The molecule has 0 N–H and O–H groups in total. The molecule has 2 atom stereocenters. The van der Waals surface area contributed by atoms with Gasteiger partial charge in [-0.25, -0.2) is 0 Å². The highest BCUT2D eigenvalue weighted by molar-refractivity contribution is 9.09. The van der Waals surface area contributed by atoms with Gasteiger partial charge in [-0.3, -0.25) is 0 Å². The monoisotopic (exact) mass is 332 g/mol. The van der Waals surface area contributed by atoms with Crippen molar-refractivity contribution in [2.24, 2.45) is 0 Å². The van der Waals surface area contributed by atoms with Gasteiger partial charge >= 0.3 is 0 Å². The predicted octanol–water partition coefficient (Wildman–Crippen LogP) is 4.45. The molecule has 104 valence electrons. The minimum absolute atomic E-state index is 0.0279. The maximum atomic E-state index is 6.26. The van der Waals surface area contributed by atoms with Crippen LogP contribution in [-0.4, -0.2) is 12.4 Å². The van der Waals surface area contributed by atoms with Gasteiger partial charge in [-0.15, -0.1) is 0 Å². The van der Waals surface area contributed by atoms with Gasteiger partial charge in [0.05, 0.1) is 19.3 Å². The van der Waals surface area contributed by atoms with Gasteiger partial charge in [0, 0.05) is 17.3 Å². The first-order chi connectivity index (χ1) is 9.83. The highest BCUT2D eigenvalue weighted by Gasteiger charge is 2.30. The SMILES string of the molecule is COc1cccc2c1C(CBr)OC(c1ccccc1)C2. The molecule has 0 bridgehead atoms. The molecule has 1 aliphatic heterocycles. The van der Waals surface area contributed by atoms with Crippen molar-refractivity contribution in [3.63, 3.8) is 0 Å². The average Bonchev–Trinajstić information content (AvgIpc) is 2.53. The maximum absolute atomic E-state index is 6.26. The first kappa shape index (κ1) is 13.7. The Bertz CT molecular complexity index is 583. The zero-order valence-electron chi connectivity index (χ0n) is 11.4. The van der Waals surface area contributed by atoms with E-state index in [1.165, 1.54) is 16.7 Å². The van der Waals surface area contributed by atoms with Crippen LogP contribution in [0.15, 0.2) is 48.5 Å².